The lowest BCUT2D eigenvalue weighted by Gasteiger charge is -2.42. The maximum absolute atomic E-state index is 12.1. The first-order valence-electron chi connectivity index (χ1n) is 7.12. The van der Waals surface area contributed by atoms with Gasteiger partial charge in [-0.1, -0.05) is 6.42 Å². The van der Waals surface area contributed by atoms with Crippen molar-refractivity contribution in [1.29, 1.82) is 0 Å². The standard InChI is InChI=1S/C14H19N3O3/c18-11(19)8-17-7-6-15-12(13(17)20)16-9-14(4-1-5-14)10-2-3-10/h6-7,10H,1-5,8-9H2,(H,15,16)(H,18,19). The summed E-state index contributed by atoms with van der Waals surface area (Å²) in [4.78, 5) is 26.8. The van der Waals surface area contributed by atoms with Gasteiger partial charge in [0.2, 0.25) is 0 Å². The highest BCUT2D eigenvalue weighted by Crippen LogP contribution is 2.56. The molecule has 1 heterocycles. The smallest absolute Gasteiger partial charge is 0.323 e. The molecule has 108 valence electrons. The number of nitrogens with one attached hydrogen (secondary N) is 1. The molecule has 6 nitrogen and oxygen atoms in total. The molecule has 0 spiro atoms. The van der Waals surface area contributed by atoms with Crippen LogP contribution in [-0.2, 0) is 11.3 Å². The molecular formula is C14H19N3O3. The molecule has 2 N–H and O–H groups in total. The van der Waals surface area contributed by atoms with E-state index in [4.69, 9.17) is 5.11 Å². The number of aliphatic carboxylic acids is 1. The van der Waals surface area contributed by atoms with Gasteiger partial charge in [0.05, 0.1) is 0 Å². The van der Waals surface area contributed by atoms with Crippen LogP contribution in [0.4, 0.5) is 5.82 Å². The Morgan fingerprint density at radius 3 is 2.80 bits per heavy atom. The molecule has 0 amide bonds. The SMILES string of the molecule is O=C(O)Cn1ccnc(NCC2(C3CC3)CCC2)c1=O. The molecule has 0 bridgehead atoms. The molecular weight excluding hydrogens is 258 g/mol. The highest BCUT2D eigenvalue weighted by Gasteiger charge is 2.48. The van der Waals surface area contributed by atoms with Crippen molar-refractivity contribution in [3.8, 4) is 0 Å². The second-order valence-corrected chi connectivity index (χ2v) is 5.95. The molecule has 6 heteroatoms. The molecule has 2 aliphatic rings. The lowest BCUT2D eigenvalue weighted by Crippen LogP contribution is -2.40. The highest BCUT2D eigenvalue weighted by molar-refractivity contribution is 5.66. The van der Waals surface area contributed by atoms with Gasteiger partial charge in [0.25, 0.3) is 5.56 Å². The minimum absolute atomic E-state index is 0.265. The van der Waals surface area contributed by atoms with E-state index in [0.29, 0.717) is 5.41 Å². The van der Waals surface area contributed by atoms with Crippen molar-refractivity contribution in [2.75, 3.05) is 11.9 Å². The van der Waals surface area contributed by atoms with E-state index in [1.165, 1.54) is 49.1 Å². The third kappa shape index (κ3) is 2.42. The molecule has 0 unspecified atom stereocenters. The second kappa shape index (κ2) is 4.92. The lowest BCUT2D eigenvalue weighted by atomic mass is 9.65. The van der Waals surface area contributed by atoms with Gasteiger partial charge in [-0.05, 0) is 37.0 Å². The van der Waals surface area contributed by atoms with Crippen molar-refractivity contribution >= 4 is 11.8 Å². The summed E-state index contributed by atoms with van der Waals surface area (Å²) in [5.74, 6) is 0.0343. The summed E-state index contributed by atoms with van der Waals surface area (Å²) < 4.78 is 1.17. The molecule has 2 aliphatic carbocycles. The van der Waals surface area contributed by atoms with Crippen LogP contribution in [0, 0.1) is 11.3 Å². The zero-order valence-electron chi connectivity index (χ0n) is 11.3. The van der Waals surface area contributed by atoms with Crippen LogP contribution >= 0.6 is 0 Å². The second-order valence-electron chi connectivity index (χ2n) is 5.95. The third-order valence-corrected chi connectivity index (χ3v) is 4.62. The molecule has 0 aliphatic heterocycles. The largest absolute Gasteiger partial charge is 0.480 e. The molecule has 0 atom stereocenters. The zero-order valence-corrected chi connectivity index (χ0v) is 11.3. The minimum atomic E-state index is -1.03. The lowest BCUT2D eigenvalue weighted by molar-refractivity contribution is -0.137. The Labute approximate surface area is 116 Å². The first-order valence-corrected chi connectivity index (χ1v) is 7.12. The quantitative estimate of drug-likeness (QED) is 0.819. The van der Waals surface area contributed by atoms with Crippen molar-refractivity contribution in [3.63, 3.8) is 0 Å². The Balaban J connectivity index is 1.71. The Kier molecular flexibility index (Phi) is 3.23. The van der Waals surface area contributed by atoms with E-state index in [0.717, 1.165) is 12.5 Å². The minimum Gasteiger partial charge on any atom is -0.480 e. The summed E-state index contributed by atoms with van der Waals surface area (Å²) in [7, 11) is 0. The highest BCUT2D eigenvalue weighted by atomic mass is 16.4. The van der Waals surface area contributed by atoms with Crippen LogP contribution in [-0.4, -0.2) is 27.2 Å². The fourth-order valence-corrected chi connectivity index (χ4v) is 3.15. The monoisotopic (exact) mass is 277 g/mol. The summed E-state index contributed by atoms with van der Waals surface area (Å²) in [6.45, 7) is 0.445. The van der Waals surface area contributed by atoms with Crippen LogP contribution in [0.25, 0.3) is 0 Å². The normalized spacial score (nSPS) is 20.2. The molecule has 1 aromatic heterocycles. The van der Waals surface area contributed by atoms with E-state index < -0.39 is 5.97 Å². The Morgan fingerprint density at radius 2 is 2.25 bits per heavy atom. The topological polar surface area (TPSA) is 84.2 Å². The number of anilines is 1. The number of carboxylic acid groups (broad SMARTS) is 1. The van der Waals surface area contributed by atoms with Gasteiger partial charge in [-0.15, -0.1) is 0 Å². The van der Waals surface area contributed by atoms with Crippen LogP contribution in [0.15, 0.2) is 17.2 Å². The first kappa shape index (κ1) is 13.1. The van der Waals surface area contributed by atoms with Crippen molar-refractivity contribution < 1.29 is 9.90 Å². The molecule has 2 saturated carbocycles. The molecule has 2 fully saturated rings. The predicted molar refractivity (Wildman–Crippen MR) is 73.6 cm³/mol. The first-order chi connectivity index (χ1) is 9.61. The summed E-state index contributed by atoms with van der Waals surface area (Å²) in [6, 6.07) is 0. The molecule has 0 aromatic carbocycles. The van der Waals surface area contributed by atoms with E-state index in [-0.39, 0.29) is 17.9 Å². The van der Waals surface area contributed by atoms with Gasteiger partial charge in [0.1, 0.15) is 6.54 Å². The number of carboxylic acids is 1. The van der Waals surface area contributed by atoms with E-state index in [1.807, 2.05) is 0 Å². The van der Waals surface area contributed by atoms with Gasteiger partial charge in [0, 0.05) is 18.9 Å². The van der Waals surface area contributed by atoms with Gasteiger partial charge < -0.3 is 10.4 Å². The Morgan fingerprint density at radius 1 is 1.50 bits per heavy atom. The third-order valence-electron chi connectivity index (χ3n) is 4.62. The molecule has 0 radical (unpaired) electrons. The number of carbonyl (C=O) groups is 1. The molecule has 1 aromatic rings. The summed E-state index contributed by atoms with van der Waals surface area (Å²) in [5.41, 5.74) is -0.0122. The van der Waals surface area contributed by atoms with Crippen LogP contribution in [0.1, 0.15) is 32.1 Å². The number of aromatic nitrogens is 2. The average molecular weight is 277 g/mol. The van der Waals surface area contributed by atoms with Crippen LogP contribution in [0.5, 0.6) is 0 Å². The van der Waals surface area contributed by atoms with E-state index >= 15 is 0 Å². The van der Waals surface area contributed by atoms with Gasteiger partial charge in [0.15, 0.2) is 5.82 Å². The number of nitrogens with zero attached hydrogens (tertiary/aromatic N) is 2. The Hall–Kier alpha value is -1.85. The maximum atomic E-state index is 12.1. The predicted octanol–water partition coefficient (Wildman–Crippen LogP) is 1.32. The Bertz CT molecular complexity index is 573. The summed E-state index contributed by atoms with van der Waals surface area (Å²) in [6.07, 6.45) is 9.18. The van der Waals surface area contributed by atoms with Crippen LogP contribution in [0.2, 0.25) is 0 Å². The van der Waals surface area contributed by atoms with Gasteiger partial charge in [-0.2, -0.15) is 0 Å². The molecule has 20 heavy (non-hydrogen) atoms. The summed E-state index contributed by atoms with van der Waals surface area (Å²) in [5, 5.41) is 11.9. The van der Waals surface area contributed by atoms with Crippen LogP contribution in [0.3, 0.4) is 0 Å². The fourth-order valence-electron chi connectivity index (χ4n) is 3.15. The molecule has 0 saturated heterocycles. The van der Waals surface area contributed by atoms with Crippen LogP contribution < -0.4 is 10.9 Å². The number of hydrogen-bond acceptors (Lipinski definition) is 4. The van der Waals surface area contributed by atoms with Crippen molar-refractivity contribution in [3.05, 3.63) is 22.7 Å². The van der Waals surface area contributed by atoms with Crippen molar-refractivity contribution in [2.45, 2.75) is 38.6 Å². The zero-order chi connectivity index (χ0) is 14.2. The van der Waals surface area contributed by atoms with E-state index in [9.17, 15) is 9.59 Å². The molecule has 3 rings (SSSR count). The van der Waals surface area contributed by atoms with Crippen molar-refractivity contribution in [2.24, 2.45) is 11.3 Å². The van der Waals surface area contributed by atoms with Gasteiger partial charge >= 0.3 is 5.97 Å². The summed E-state index contributed by atoms with van der Waals surface area (Å²) >= 11 is 0. The number of rotatable bonds is 6. The van der Waals surface area contributed by atoms with Gasteiger partial charge in [-0.25, -0.2) is 4.98 Å². The van der Waals surface area contributed by atoms with Gasteiger partial charge in [-0.3, -0.25) is 14.2 Å². The number of hydrogen-bond donors (Lipinski definition) is 2. The van der Waals surface area contributed by atoms with E-state index in [2.05, 4.69) is 10.3 Å². The fraction of sp³-hybridized carbons (Fsp3) is 0.643. The maximum Gasteiger partial charge on any atom is 0.323 e. The van der Waals surface area contributed by atoms with Crippen molar-refractivity contribution in [1.82, 2.24) is 9.55 Å². The average Bonchev–Trinajstić information content (AvgIpc) is 3.16. The van der Waals surface area contributed by atoms with E-state index in [1.54, 1.807) is 0 Å².